The van der Waals surface area contributed by atoms with Crippen molar-refractivity contribution in [1.82, 2.24) is 25.0 Å². The summed E-state index contributed by atoms with van der Waals surface area (Å²) in [6, 6.07) is 3.63. The molecule has 3 heterocycles. The SMILES string of the molecule is CCN1CCN(CCCNC(=O)[C@@H]2CCC(=O)N(CC(C)C)[C@H]2c2cccnc2)CC1. The van der Waals surface area contributed by atoms with Gasteiger partial charge >= 0.3 is 0 Å². The summed E-state index contributed by atoms with van der Waals surface area (Å²) in [7, 11) is 0. The van der Waals surface area contributed by atoms with E-state index in [0.717, 1.165) is 51.3 Å². The van der Waals surface area contributed by atoms with Crippen LogP contribution >= 0.6 is 0 Å². The molecule has 2 aliphatic heterocycles. The lowest BCUT2D eigenvalue weighted by molar-refractivity contribution is -0.144. The van der Waals surface area contributed by atoms with E-state index in [1.165, 1.54) is 0 Å². The Morgan fingerprint density at radius 1 is 1.23 bits per heavy atom. The number of piperidine rings is 1. The van der Waals surface area contributed by atoms with Crippen LogP contribution in [0.4, 0.5) is 0 Å². The second-order valence-electron chi connectivity index (χ2n) is 9.24. The average molecular weight is 430 g/mol. The molecule has 0 bridgehead atoms. The Morgan fingerprint density at radius 2 is 1.97 bits per heavy atom. The van der Waals surface area contributed by atoms with E-state index in [2.05, 4.69) is 40.9 Å². The molecular weight excluding hydrogens is 390 g/mol. The second-order valence-corrected chi connectivity index (χ2v) is 9.24. The molecule has 0 spiro atoms. The van der Waals surface area contributed by atoms with Gasteiger partial charge in [0.2, 0.25) is 11.8 Å². The number of likely N-dealkylation sites (tertiary alicyclic amines) is 1. The lowest BCUT2D eigenvalue weighted by Gasteiger charge is -2.41. The number of likely N-dealkylation sites (N-methyl/N-ethyl adjacent to an activating group) is 1. The molecule has 1 aromatic heterocycles. The summed E-state index contributed by atoms with van der Waals surface area (Å²) in [4.78, 5) is 37.0. The zero-order valence-corrected chi connectivity index (χ0v) is 19.4. The van der Waals surface area contributed by atoms with Gasteiger partial charge in [0.1, 0.15) is 0 Å². The van der Waals surface area contributed by atoms with Crippen molar-refractivity contribution >= 4 is 11.8 Å². The van der Waals surface area contributed by atoms with E-state index >= 15 is 0 Å². The van der Waals surface area contributed by atoms with Crippen LogP contribution in [0, 0.1) is 11.8 Å². The maximum Gasteiger partial charge on any atom is 0.225 e. The topological polar surface area (TPSA) is 68.8 Å². The highest BCUT2D eigenvalue weighted by Crippen LogP contribution is 2.37. The first kappa shape index (κ1) is 23.7. The molecule has 2 amide bonds. The molecule has 0 aromatic carbocycles. The maximum absolute atomic E-state index is 13.2. The van der Waals surface area contributed by atoms with Crippen LogP contribution in [0.1, 0.15) is 51.6 Å². The van der Waals surface area contributed by atoms with Crippen LogP contribution in [-0.4, -0.2) is 83.9 Å². The van der Waals surface area contributed by atoms with Gasteiger partial charge in [-0.1, -0.05) is 26.8 Å². The van der Waals surface area contributed by atoms with Crippen LogP contribution in [-0.2, 0) is 9.59 Å². The number of carbonyl (C=O) groups excluding carboxylic acids is 2. The molecule has 2 saturated heterocycles. The Bertz CT molecular complexity index is 703. The minimum Gasteiger partial charge on any atom is -0.356 e. The van der Waals surface area contributed by atoms with Gasteiger partial charge in [0.05, 0.1) is 12.0 Å². The summed E-state index contributed by atoms with van der Waals surface area (Å²) in [6.45, 7) is 14.4. The Kier molecular flexibility index (Phi) is 8.84. The first-order valence-corrected chi connectivity index (χ1v) is 11.9. The Labute approximate surface area is 187 Å². The molecule has 1 aromatic rings. The highest BCUT2D eigenvalue weighted by molar-refractivity contribution is 5.85. The smallest absolute Gasteiger partial charge is 0.225 e. The number of piperazine rings is 1. The molecule has 7 nitrogen and oxygen atoms in total. The zero-order chi connectivity index (χ0) is 22.2. The van der Waals surface area contributed by atoms with Crippen molar-refractivity contribution in [3.63, 3.8) is 0 Å². The summed E-state index contributed by atoms with van der Waals surface area (Å²) in [5.74, 6) is 0.315. The molecule has 2 aliphatic rings. The van der Waals surface area contributed by atoms with Crippen molar-refractivity contribution in [2.45, 2.75) is 46.1 Å². The van der Waals surface area contributed by atoms with Crippen molar-refractivity contribution in [3.8, 4) is 0 Å². The predicted octanol–water partition coefficient (Wildman–Crippen LogP) is 2.16. The van der Waals surface area contributed by atoms with E-state index < -0.39 is 0 Å². The quantitative estimate of drug-likeness (QED) is 0.610. The Morgan fingerprint density at radius 3 is 2.61 bits per heavy atom. The van der Waals surface area contributed by atoms with E-state index in [9.17, 15) is 9.59 Å². The zero-order valence-electron chi connectivity index (χ0n) is 19.4. The fourth-order valence-electron chi connectivity index (χ4n) is 4.77. The Balaban J connectivity index is 1.57. The standard InChI is InChI=1S/C24H39N5O2/c1-4-27-13-15-28(16-14-27)12-6-11-26-24(31)21-8-9-22(30)29(18-19(2)3)23(21)20-7-5-10-25-17-20/h5,7,10,17,19,21,23H,4,6,8-9,11-16,18H2,1-3H3,(H,26,31)/t21-,23+/m1/s1. The molecule has 0 unspecified atom stereocenters. The monoisotopic (exact) mass is 429 g/mol. The van der Waals surface area contributed by atoms with Gasteiger partial charge in [-0.05, 0) is 43.5 Å². The van der Waals surface area contributed by atoms with Crippen molar-refractivity contribution in [2.75, 3.05) is 52.4 Å². The molecule has 172 valence electrons. The number of amides is 2. The van der Waals surface area contributed by atoms with E-state index in [4.69, 9.17) is 0 Å². The average Bonchev–Trinajstić information content (AvgIpc) is 2.78. The van der Waals surface area contributed by atoms with E-state index in [1.54, 1.807) is 12.4 Å². The first-order valence-electron chi connectivity index (χ1n) is 11.9. The number of aromatic nitrogens is 1. The van der Waals surface area contributed by atoms with Gasteiger partial charge in [-0.2, -0.15) is 0 Å². The number of rotatable bonds is 9. The van der Waals surface area contributed by atoms with Crippen molar-refractivity contribution in [2.24, 2.45) is 11.8 Å². The second kappa shape index (κ2) is 11.6. The minimum atomic E-state index is -0.237. The van der Waals surface area contributed by atoms with E-state index in [1.807, 2.05) is 17.0 Å². The molecule has 7 heteroatoms. The van der Waals surface area contributed by atoms with Gasteiger partial charge in [-0.3, -0.25) is 14.6 Å². The van der Waals surface area contributed by atoms with Gasteiger partial charge in [0.25, 0.3) is 0 Å². The number of hydrogen-bond donors (Lipinski definition) is 1. The van der Waals surface area contributed by atoms with Crippen LogP contribution in [0.2, 0.25) is 0 Å². The molecule has 0 radical (unpaired) electrons. The summed E-state index contributed by atoms with van der Waals surface area (Å²) >= 11 is 0. The van der Waals surface area contributed by atoms with E-state index in [0.29, 0.717) is 31.8 Å². The molecule has 0 saturated carbocycles. The highest BCUT2D eigenvalue weighted by atomic mass is 16.2. The largest absolute Gasteiger partial charge is 0.356 e. The van der Waals surface area contributed by atoms with Crippen molar-refractivity contribution in [3.05, 3.63) is 30.1 Å². The van der Waals surface area contributed by atoms with Gasteiger partial charge in [0, 0.05) is 58.1 Å². The predicted molar refractivity (Wildman–Crippen MR) is 122 cm³/mol. The summed E-state index contributed by atoms with van der Waals surface area (Å²) < 4.78 is 0. The van der Waals surface area contributed by atoms with Crippen LogP contribution < -0.4 is 5.32 Å². The summed E-state index contributed by atoms with van der Waals surface area (Å²) in [5.41, 5.74) is 0.949. The van der Waals surface area contributed by atoms with Gasteiger partial charge in [-0.15, -0.1) is 0 Å². The molecule has 3 rings (SSSR count). The van der Waals surface area contributed by atoms with Crippen LogP contribution in [0.15, 0.2) is 24.5 Å². The van der Waals surface area contributed by atoms with Crippen molar-refractivity contribution in [1.29, 1.82) is 0 Å². The highest BCUT2D eigenvalue weighted by Gasteiger charge is 2.40. The third kappa shape index (κ3) is 6.50. The number of nitrogens with zero attached hydrogens (tertiary/aromatic N) is 4. The third-order valence-corrected chi connectivity index (χ3v) is 6.49. The lowest BCUT2D eigenvalue weighted by Crippen LogP contribution is -2.49. The van der Waals surface area contributed by atoms with E-state index in [-0.39, 0.29) is 23.8 Å². The van der Waals surface area contributed by atoms with Gasteiger partial charge in [-0.25, -0.2) is 0 Å². The Hall–Kier alpha value is -1.99. The molecule has 2 fully saturated rings. The number of nitrogens with one attached hydrogen (secondary N) is 1. The normalized spacial score (nSPS) is 23.4. The fraction of sp³-hybridized carbons (Fsp3) is 0.708. The van der Waals surface area contributed by atoms with Gasteiger partial charge < -0.3 is 20.0 Å². The fourth-order valence-corrected chi connectivity index (χ4v) is 4.77. The van der Waals surface area contributed by atoms with Crippen LogP contribution in [0.25, 0.3) is 0 Å². The molecule has 31 heavy (non-hydrogen) atoms. The first-order chi connectivity index (χ1) is 15.0. The third-order valence-electron chi connectivity index (χ3n) is 6.49. The lowest BCUT2D eigenvalue weighted by atomic mass is 9.83. The van der Waals surface area contributed by atoms with Crippen LogP contribution in [0.3, 0.4) is 0 Å². The summed E-state index contributed by atoms with van der Waals surface area (Å²) in [6.07, 6.45) is 5.51. The minimum absolute atomic E-state index is 0.0610. The van der Waals surface area contributed by atoms with Crippen LogP contribution in [0.5, 0.6) is 0 Å². The molecule has 0 aliphatic carbocycles. The molecule has 2 atom stereocenters. The van der Waals surface area contributed by atoms with Gasteiger partial charge in [0.15, 0.2) is 0 Å². The van der Waals surface area contributed by atoms with Crippen molar-refractivity contribution < 1.29 is 9.59 Å². The summed E-state index contributed by atoms with van der Waals surface area (Å²) in [5, 5.41) is 3.17. The number of carbonyl (C=O) groups is 2. The number of hydrogen-bond acceptors (Lipinski definition) is 5. The molecular formula is C24H39N5O2. The molecule has 1 N–H and O–H groups in total. The number of pyridine rings is 1. The maximum atomic E-state index is 13.2.